The van der Waals surface area contributed by atoms with Crippen molar-refractivity contribution in [2.75, 3.05) is 24.2 Å². The normalized spacial score (nSPS) is 11.8. The molecule has 0 unspecified atom stereocenters. The summed E-state index contributed by atoms with van der Waals surface area (Å²) in [4.78, 5) is 13.6. The van der Waals surface area contributed by atoms with E-state index < -0.39 is 15.5 Å². The number of rotatable bonds is 4. The van der Waals surface area contributed by atoms with Crippen LogP contribution in [0.2, 0.25) is 0 Å². The predicted octanol–water partition coefficient (Wildman–Crippen LogP) is 2.04. The molecule has 2 rings (SSSR count). The number of hydrogen-bond donors (Lipinski definition) is 0. The Morgan fingerprint density at radius 2 is 1.80 bits per heavy atom. The summed E-state index contributed by atoms with van der Waals surface area (Å²) in [6, 6.07) is 6.78. The van der Waals surface area contributed by atoms with Crippen LogP contribution >= 0.6 is 0 Å². The highest BCUT2D eigenvalue weighted by Crippen LogP contribution is 2.22. The van der Waals surface area contributed by atoms with Crippen molar-refractivity contribution in [2.45, 2.75) is 18.7 Å². The van der Waals surface area contributed by atoms with E-state index in [1.165, 1.54) is 6.07 Å². The van der Waals surface area contributed by atoms with E-state index in [-0.39, 0.29) is 4.90 Å². The number of nitrogens with zero attached hydrogens (tertiary/aromatic N) is 1. The summed E-state index contributed by atoms with van der Waals surface area (Å²) in [5.74, 6) is 0. The van der Waals surface area contributed by atoms with Crippen molar-refractivity contribution >= 4 is 26.5 Å². The number of hydrogen-bond acceptors (Lipinski definition) is 5. The van der Waals surface area contributed by atoms with Crippen LogP contribution in [-0.4, -0.2) is 27.8 Å². The van der Waals surface area contributed by atoms with Crippen molar-refractivity contribution < 1.29 is 12.8 Å². The first-order chi connectivity index (χ1) is 9.36. The van der Waals surface area contributed by atoms with E-state index in [4.69, 9.17) is 4.42 Å². The number of anilines is 1. The lowest BCUT2D eigenvalue weighted by molar-refractivity contribution is 0.534. The van der Waals surface area contributed by atoms with Gasteiger partial charge in [-0.25, -0.2) is 13.2 Å². The standard InChI is InChI=1S/C14H17NO4S/c1-4-15(5-2)11-7-6-10-8-13(20(3,17)18)14(16)19-12(10)9-11/h6-9H,4-5H2,1-3H3. The molecule has 108 valence electrons. The second-order valence-corrected chi connectivity index (χ2v) is 6.55. The zero-order valence-electron chi connectivity index (χ0n) is 11.7. The molecule has 0 aliphatic rings. The Balaban J connectivity index is 2.65. The van der Waals surface area contributed by atoms with Gasteiger partial charge in [0.2, 0.25) is 0 Å². The largest absolute Gasteiger partial charge is 0.422 e. The van der Waals surface area contributed by atoms with Crippen molar-refractivity contribution in [3.8, 4) is 0 Å². The van der Waals surface area contributed by atoms with Crippen molar-refractivity contribution in [2.24, 2.45) is 0 Å². The predicted molar refractivity (Wildman–Crippen MR) is 79.2 cm³/mol. The van der Waals surface area contributed by atoms with E-state index in [0.717, 1.165) is 25.0 Å². The molecule has 20 heavy (non-hydrogen) atoms. The summed E-state index contributed by atoms with van der Waals surface area (Å²) in [6.45, 7) is 5.76. The molecule has 0 saturated carbocycles. The van der Waals surface area contributed by atoms with Gasteiger partial charge in [-0.3, -0.25) is 0 Å². The first kappa shape index (κ1) is 14.6. The molecule has 5 nitrogen and oxygen atoms in total. The van der Waals surface area contributed by atoms with Gasteiger partial charge in [0.15, 0.2) is 14.7 Å². The molecule has 0 fully saturated rings. The van der Waals surface area contributed by atoms with Crippen molar-refractivity contribution in [3.05, 3.63) is 34.7 Å². The SMILES string of the molecule is CCN(CC)c1ccc2cc(S(C)(=O)=O)c(=O)oc2c1. The molecule has 6 heteroatoms. The second-order valence-electron chi connectivity index (χ2n) is 4.56. The van der Waals surface area contributed by atoms with Crippen LogP contribution in [0.3, 0.4) is 0 Å². The van der Waals surface area contributed by atoms with Gasteiger partial charge in [0, 0.05) is 36.5 Å². The lowest BCUT2D eigenvalue weighted by Crippen LogP contribution is -2.21. The average molecular weight is 295 g/mol. The molecule has 0 aliphatic carbocycles. The second kappa shape index (κ2) is 5.28. The fraction of sp³-hybridized carbons (Fsp3) is 0.357. The Hall–Kier alpha value is -1.82. The summed E-state index contributed by atoms with van der Waals surface area (Å²) in [6.07, 6.45) is 0.995. The summed E-state index contributed by atoms with van der Waals surface area (Å²) in [7, 11) is -3.58. The van der Waals surface area contributed by atoms with Crippen LogP contribution in [0.4, 0.5) is 5.69 Å². The molecule has 1 heterocycles. The van der Waals surface area contributed by atoms with Gasteiger partial charge in [0.25, 0.3) is 0 Å². The maximum absolute atomic E-state index is 11.7. The van der Waals surface area contributed by atoms with Gasteiger partial charge in [-0.15, -0.1) is 0 Å². The fourth-order valence-electron chi connectivity index (χ4n) is 2.12. The van der Waals surface area contributed by atoms with E-state index >= 15 is 0 Å². The smallest absolute Gasteiger partial charge is 0.355 e. The summed E-state index contributed by atoms with van der Waals surface area (Å²) < 4.78 is 28.1. The molecule has 1 aromatic heterocycles. The number of fused-ring (bicyclic) bond motifs is 1. The minimum atomic E-state index is -3.58. The van der Waals surface area contributed by atoms with E-state index in [9.17, 15) is 13.2 Å². The number of sulfone groups is 1. The highest BCUT2D eigenvalue weighted by molar-refractivity contribution is 7.90. The van der Waals surface area contributed by atoms with Gasteiger partial charge in [-0.2, -0.15) is 0 Å². The zero-order chi connectivity index (χ0) is 14.9. The van der Waals surface area contributed by atoms with E-state index in [1.54, 1.807) is 12.1 Å². The van der Waals surface area contributed by atoms with E-state index in [1.807, 2.05) is 19.9 Å². The summed E-state index contributed by atoms with van der Waals surface area (Å²) in [5.41, 5.74) is 0.515. The highest BCUT2D eigenvalue weighted by Gasteiger charge is 2.15. The molecule has 1 aromatic carbocycles. The topological polar surface area (TPSA) is 67.6 Å². The van der Waals surface area contributed by atoms with Crippen LogP contribution in [-0.2, 0) is 9.84 Å². The minimum absolute atomic E-state index is 0.305. The molecule has 0 radical (unpaired) electrons. The van der Waals surface area contributed by atoms with Crippen molar-refractivity contribution in [1.29, 1.82) is 0 Å². The Bertz CT molecular complexity index is 788. The van der Waals surface area contributed by atoms with Crippen molar-refractivity contribution in [3.63, 3.8) is 0 Å². The van der Waals surface area contributed by atoms with Gasteiger partial charge in [0.05, 0.1) is 0 Å². The van der Waals surface area contributed by atoms with E-state index in [0.29, 0.717) is 11.0 Å². The average Bonchev–Trinajstić information content (AvgIpc) is 2.38. The fourth-order valence-corrected chi connectivity index (χ4v) is 2.81. The molecule has 0 amide bonds. The minimum Gasteiger partial charge on any atom is -0.422 e. The maximum atomic E-state index is 11.7. The molecule has 2 aromatic rings. The molecule has 0 spiro atoms. The zero-order valence-corrected chi connectivity index (χ0v) is 12.5. The third-order valence-electron chi connectivity index (χ3n) is 3.22. The van der Waals surface area contributed by atoms with Crippen LogP contribution in [0, 0.1) is 0 Å². The Morgan fingerprint density at radius 1 is 1.15 bits per heavy atom. The lowest BCUT2D eigenvalue weighted by atomic mass is 10.2. The molecule has 0 bridgehead atoms. The van der Waals surface area contributed by atoms with Gasteiger partial charge >= 0.3 is 5.63 Å². The monoisotopic (exact) mass is 295 g/mol. The van der Waals surface area contributed by atoms with Crippen LogP contribution in [0.25, 0.3) is 11.0 Å². The molecule has 0 N–H and O–H groups in total. The Morgan fingerprint density at radius 3 is 2.35 bits per heavy atom. The van der Waals surface area contributed by atoms with Crippen LogP contribution in [0.1, 0.15) is 13.8 Å². The quantitative estimate of drug-likeness (QED) is 0.807. The molecular weight excluding hydrogens is 278 g/mol. The summed E-state index contributed by atoms with van der Waals surface area (Å²) in [5, 5.41) is 0.598. The van der Waals surface area contributed by atoms with Gasteiger partial charge in [-0.05, 0) is 32.0 Å². The molecule has 0 aliphatic heterocycles. The first-order valence-corrected chi connectivity index (χ1v) is 8.29. The van der Waals surface area contributed by atoms with Gasteiger partial charge < -0.3 is 9.32 Å². The number of benzene rings is 1. The van der Waals surface area contributed by atoms with Gasteiger partial charge in [0.1, 0.15) is 5.58 Å². The lowest BCUT2D eigenvalue weighted by Gasteiger charge is -2.20. The Labute approximate surface area is 117 Å². The van der Waals surface area contributed by atoms with Crippen LogP contribution < -0.4 is 10.5 Å². The van der Waals surface area contributed by atoms with Gasteiger partial charge in [-0.1, -0.05) is 0 Å². The molecule has 0 saturated heterocycles. The summed E-state index contributed by atoms with van der Waals surface area (Å²) >= 11 is 0. The van der Waals surface area contributed by atoms with E-state index in [2.05, 4.69) is 4.90 Å². The Kier molecular flexibility index (Phi) is 3.85. The van der Waals surface area contributed by atoms with Crippen molar-refractivity contribution in [1.82, 2.24) is 0 Å². The first-order valence-electron chi connectivity index (χ1n) is 6.39. The van der Waals surface area contributed by atoms with Crippen LogP contribution in [0.15, 0.2) is 38.4 Å². The maximum Gasteiger partial charge on any atom is 0.355 e. The molecule has 0 atom stereocenters. The molecular formula is C14H17NO4S. The third-order valence-corrected chi connectivity index (χ3v) is 4.30. The van der Waals surface area contributed by atoms with Crippen LogP contribution in [0.5, 0.6) is 0 Å². The highest BCUT2D eigenvalue weighted by atomic mass is 32.2. The third kappa shape index (κ3) is 2.70.